The van der Waals surface area contributed by atoms with Gasteiger partial charge in [0, 0.05) is 24.9 Å². The summed E-state index contributed by atoms with van der Waals surface area (Å²) in [7, 11) is 1.71. The number of halogens is 2. The number of ether oxygens (including phenoxy) is 1. The van der Waals surface area contributed by atoms with Crippen LogP contribution in [0.4, 0.5) is 4.39 Å². The molecule has 0 radical (unpaired) electrons. The zero-order valence-electron chi connectivity index (χ0n) is 13.5. The van der Waals surface area contributed by atoms with Crippen molar-refractivity contribution in [3.63, 3.8) is 0 Å². The van der Waals surface area contributed by atoms with Gasteiger partial charge in [0.2, 0.25) is 0 Å². The molecule has 0 saturated carbocycles. The molecule has 23 heavy (non-hydrogen) atoms. The van der Waals surface area contributed by atoms with E-state index in [9.17, 15) is 4.39 Å². The Labute approximate surface area is 141 Å². The van der Waals surface area contributed by atoms with Gasteiger partial charge in [-0.05, 0) is 42.5 Å². The van der Waals surface area contributed by atoms with Crippen molar-refractivity contribution in [1.82, 2.24) is 4.90 Å². The maximum absolute atomic E-state index is 13.2. The summed E-state index contributed by atoms with van der Waals surface area (Å²) in [5, 5.41) is 0. The molecule has 0 saturated heterocycles. The Morgan fingerprint density at radius 1 is 1.39 bits per heavy atom. The van der Waals surface area contributed by atoms with Gasteiger partial charge in [-0.25, -0.2) is 4.39 Å². The molecule has 0 aromatic heterocycles. The Kier molecular flexibility index (Phi) is 5.02. The van der Waals surface area contributed by atoms with Crippen LogP contribution < -0.4 is 0 Å². The molecule has 1 aliphatic carbocycles. The van der Waals surface area contributed by atoms with Crippen molar-refractivity contribution < 1.29 is 9.13 Å². The highest BCUT2D eigenvalue weighted by molar-refractivity contribution is 6.21. The molecule has 3 nitrogen and oxygen atoms in total. The van der Waals surface area contributed by atoms with E-state index in [1.165, 1.54) is 23.4 Å². The lowest BCUT2D eigenvalue weighted by molar-refractivity contribution is 0.0976. The van der Waals surface area contributed by atoms with E-state index in [1.54, 1.807) is 7.11 Å². The highest BCUT2D eigenvalue weighted by atomic mass is 35.5. The van der Waals surface area contributed by atoms with Crippen LogP contribution in [0.1, 0.15) is 37.7 Å². The van der Waals surface area contributed by atoms with E-state index in [0.717, 1.165) is 24.8 Å². The number of hydrogen-bond donors (Lipinski definition) is 0. The zero-order valence-corrected chi connectivity index (χ0v) is 14.3. The van der Waals surface area contributed by atoms with Crippen molar-refractivity contribution in [3.8, 4) is 0 Å². The average Bonchev–Trinajstić information content (AvgIpc) is 2.98. The van der Waals surface area contributed by atoms with Gasteiger partial charge in [-0.2, -0.15) is 0 Å². The lowest BCUT2D eigenvalue weighted by atomic mass is 9.94. The fraction of sp³-hybridized carbons (Fsp3) is 0.500. The Morgan fingerprint density at radius 2 is 2.13 bits per heavy atom. The Hall–Kier alpha value is -1.39. The second kappa shape index (κ2) is 7.02. The van der Waals surface area contributed by atoms with Crippen LogP contribution in [0.5, 0.6) is 0 Å². The van der Waals surface area contributed by atoms with Gasteiger partial charge in [-0.1, -0.05) is 30.7 Å². The van der Waals surface area contributed by atoms with Gasteiger partial charge in [0.15, 0.2) is 5.62 Å². The van der Waals surface area contributed by atoms with E-state index in [1.807, 2.05) is 18.3 Å². The Balaban J connectivity index is 1.97. The Morgan fingerprint density at radius 3 is 2.78 bits per heavy atom. The fourth-order valence-corrected chi connectivity index (χ4v) is 3.90. The molecule has 0 spiro atoms. The molecule has 5 heteroatoms. The van der Waals surface area contributed by atoms with Crippen LogP contribution in [0, 0.1) is 5.82 Å². The molecule has 1 aromatic rings. The summed E-state index contributed by atoms with van der Waals surface area (Å²) in [5.41, 5.74) is 3.20. The second-order valence-corrected chi connectivity index (χ2v) is 6.46. The van der Waals surface area contributed by atoms with Crippen LogP contribution in [-0.4, -0.2) is 36.5 Å². The van der Waals surface area contributed by atoms with E-state index in [-0.39, 0.29) is 17.8 Å². The molecule has 0 amide bonds. The predicted molar refractivity (Wildman–Crippen MR) is 91.3 cm³/mol. The maximum Gasteiger partial charge on any atom is 0.197 e. The van der Waals surface area contributed by atoms with Crippen molar-refractivity contribution in [3.05, 3.63) is 46.9 Å². The molecule has 3 atom stereocenters. The first-order valence-electron chi connectivity index (χ1n) is 8.08. The molecule has 2 aliphatic rings. The van der Waals surface area contributed by atoms with Crippen LogP contribution in [0.15, 0.2) is 40.5 Å². The van der Waals surface area contributed by atoms with Crippen molar-refractivity contribution in [2.24, 2.45) is 4.99 Å². The molecular weight excluding hydrogens is 315 g/mol. The number of benzene rings is 1. The molecule has 0 bridgehead atoms. The third-order valence-corrected chi connectivity index (χ3v) is 5.04. The zero-order chi connectivity index (χ0) is 16.4. The highest BCUT2D eigenvalue weighted by Crippen LogP contribution is 2.44. The van der Waals surface area contributed by atoms with Gasteiger partial charge in [0.25, 0.3) is 0 Å². The van der Waals surface area contributed by atoms with E-state index in [0.29, 0.717) is 6.61 Å². The minimum absolute atomic E-state index is 0.186. The number of alkyl halides is 1. The van der Waals surface area contributed by atoms with Crippen LogP contribution in [-0.2, 0) is 4.74 Å². The van der Waals surface area contributed by atoms with E-state index in [4.69, 9.17) is 16.3 Å². The lowest BCUT2D eigenvalue weighted by Crippen LogP contribution is -2.44. The first-order valence-corrected chi connectivity index (χ1v) is 8.52. The van der Waals surface area contributed by atoms with Crippen LogP contribution in [0.2, 0.25) is 0 Å². The number of allylic oxidation sites excluding steroid dienone is 2. The van der Waals surface area contributed by atoms with E-state index >= 15 is 0 Å². The first kappa shape index (κ1) is 16.5. The van der Waals surface area contributed by atoms with Crippen LogP contribution in [0.25, 0.3) is 0 Å². The minimum Gasteiger partial charge on any atom is -0.383 e. The molecule has 0 fully saturated rings. The van der Waals surface area contributed by atoms with E-state index in [2.05, 4.69) is 16.8 Å². The summed E-state index contributed by atoms with van der Waals surface area (Å²) >= 11 is 6.51. The van der Waals surface area contributed by atoms with Gasteiger partial charge in [0.1, 0.15) is 5.82 Å². The predicted octanol–water partition coefficient (Wildman–Crippen LogP) is 4.29. The van der Waals surface area contributed by atoms with Crippen molar-refractivity contribution >= 4 is 17.8 Å². The molecule has 1 aliphatic heterocycles. The molecule has 2 unspecified atom stereocenters. The third-order valence-electron chi connectivity index (χ3n) is 4.72. The summed E-state index contributed by atoms with van der Waals surface area (Å²) in [4.78, 5) is 6.64. The van der Waals surface area contributed by atoms with Gasteiger partial charge in [-0.15, -0.1) is 0 Å². The standard InChI is InChI=1S/C18H22ClFN2O/c1-3-15(11-23-2)22-17-13(10-21-18(22)19)6-9-16(17)12-4-7-14(20)8-5-12/h4-5,7-8,10,15-16,18H,3,6,9,11H2,1-2H3/t15-,16?,18?/m1/s1. The smallest absolute Gasteiger partial charge is 0.197 e. The number of nitrogens with zero attached hydrogens (tertiary/aromatic N) is 2. The quantitative estimate of drug-likeness (QED) is 0.592. The first-order chi connectivity index (χ1) is 11.2. The number of rotatable bonds is 5. The van der Waals surface area contributed by atoms with Crippen molar-refractivity contribution in [1.29, 1.82) is 0 Å². The summed E-state index contributed by atoms with van der Waals surface area (Å²) in [5.74, 6) is 0.0357. The molecule has 1 heterocycles. The average molecular weight is 337 g/mol. The highest BCUT2D eigenvalue weighted by Gasteiger charge is 2.38. The summed E-state index contributed by atoms with van der Waals surface area (Å²) in [6, 6.07) is 6.99. The lowest BCUT2D eigenvalue weighted by Gasteiger charge is -2.40. The minimum atomic E-state index is -0.408. The third kappa shape index (κ3) is 3.15. The van der Waals surface area contributed by atoms with E-state index < -0.39 is 5.62 Å². The fourth-order valence-electron chi connectivity index (χ4n) is 3.58. The second-order valence-electron chi connectivity index (χ2n) is 6.07. The molecule has 124 valence electrons. The van der Waals surface area contributed by atoms with Gasteiger partial charge in [0.05, 0.1) is 12.6 Å². The van der Waals surface area contributed by atoms with Crippen LogP contribution >= 0.6 is 11.6 Å². The molecule has 1 aromatic carbocycles. The van der Waals surface area contributed by atoms with Crippen LogP contribution in [0.3, 0.4) is 0 Å². The summed E-state index contributed by atoms with van der Waals surface area (Å²) in [6.45, 7) is 2.75. The summed E-state index contributed by atoms with van der Waals surface area (Å²) < 4.78 is 18.6. The van der Waals surface area contributed by atoms with Crippen molar-refractivity contribution in [2.75, 3.05) is 13.7 Å². The molecular formula is C18H22ClFN2O. The number of aliphatic imine (C=N–C) groups is 1. The largest absolute Gasteiger partial charge is 0.383 e. The Bertz CT molecular complexity index is 614. The van der Waals surface area contributed by atoms with Gasteiger partial charge < -0.3 is 9.64 Å². The molecule has 0 N–H and O–H groups in total. The van der Waals surface area contributed by atoms with Gasteiger partial charge in [-0.3, -0.25) is 4.99 Å². The normalized spacial score (nSPS) is 25.0. The topological polar surface area (TPSA) is 24.8 Å². The number of hydrogen-bond acceptors (Lipinski definition) is 3. The van der Waals surface area contributed by atoms with Gasteiger partial charge >= 0.3 is 0 Å². The SMILES string of the molecule is CC[C@H](COC)N1C2=C(C=NC1Cl)CCC2c1ccc(F)cc1. The summed E-state index contributed by atoms with van der Waals surface area (Å²) in [6.07, 6.45) is 4.82. The monoisotopic (exact) mass is 336 g/mol. The molecule has 3 rings (SSSR count). The number of methoxy groups -OCH3 is 1. The van der Waals surface area contributed by atoms with Crippen molar-refractivity contribution in [2.45, 2.75) is 43.8 Å². The maximum atomic E-state index is 13.2.